The molecule has 6 nitrogen and oxygen atoms in total. The Bertz CT molecular complexity index is 534. The number of rotatable bonds is 8. The molecule has 0 aliphatic carbocycles. The molecule has 0 aromatic heterocycles. The van der Waals surface area contributed by atoms with E-state index in [1.807, 2.05) is 32.0 Å². The van der Waals surface area contributed by atoms with Gasteiger partial charge in [-0.1, -0.05) is 6.07 Å². The van der Waals surface area contributed by atoms with Crippen molar-refractivity contribution >= 4 is 35.7 Å². The second-order valence-electron chi connectivity index (χ2n) is 4.54. The van der Waals surface area contributed by atoms with Gasteiger partial charge in [-0.2, -0.15) is 0 Å². The van der Waals surface area contributed by atoms with Gasteiger partial charge in [0.05, 0.1) is 5.75 Å². The summed E-state index contributed by atoms with van der Waals surface area (Å²) in [6, 6.07) is 4.64. The lowest BCUT2D eigenvalue weighted by Gasteiger charge is -2.11. The number of hydrogen-bond acceptors (Lipinski definition) is 4. The van der Waals surface area contributed by atoms with E-state index in [2.05, 4.69) is 10.6 Å². The third kappa shape index (κ3) is 5.86. The summed E-state index contributed by atoms with van der Waals surface area (Å²) in [7, 11) is 0. The number of nitrogens with one attached hydrogen (secondary N) is 2. The minimum Gasteiger partial charge on any atom is -0.480 e. The minimum absolute atomic E-state index is 0.122. The van der Waals surface area contributed by atoms with E-state index < -0.39 is 12.0 Å². The van der Waals surface area contributed by atoms with E-state index in [1.54, 1.807) is 0 Å². The predicted molar refractivity (Wildman–Crippen MR) is 82.5 cm³/mol. The zero-order chi connectivity index (χ0) is 15.8. The van der Waals surface area contributed by atoms with Crippen LogP contribution in [0.3, 0.4) is 0 Å². The Kier molecular flexibility index (Phi) is 6.74. The molecule has 0 heterocycles. The second-order valence-corrected chi connectivity index (χ2v) is 5.57. The first kappa shape index (κ1) is 17.0. The van der Waals surface area contributed by atoms with Crippen LogP contribution in [0.15, 0.2) is 18.2 Å². The molecule has 0 aliphatic rings. The van der Waals surface area contributed by atoms with Crippen LogP contribution in [-0.4, -0.2) is 40.9 Å². The molecule has 3 N–H and O–H groups in total. The average Bonchev–Trinajstić information content (AvgIpc) is 2.42. The molecule has 7 heteroatoms. The summed E-state index contributed by atoms with van der Waals surface area (Å²) < 4.78 is 0. The van der Waals surface area contributed by atoms with Gasteiger partial charge in [-0.15, -0.1) is 11.8 Å². The monoisotopic (exact) mass is 310 g/mol. The van der Waals surface area contributed by atoms with Gasteiger partial charge in [-0.25, -0.2) is 4.79 Å². The van der Waals surface area contributed by atoms with E-state index in [0.717, 1.165) is 22.9 Å². The SMILES string of the molecule is Cc1ccc(NC(=O)CSCC(NC=O)C(=O)O)cc1C. The van der Waals surface area contributed by atoms with Gasteiger partial charge < -0.3 is 15.7 Å². The maximum atomic E-state index is 11.7. The molecular weight excluding hydrogens is 292 g/mol. The van der Waals surface area contributed by atoms with Crippen LogP contribution in [0.2, 0.25) is 0 Å². The van der Waals surface area contributed by atoms with E-state index >= 15 is 0 Å². The highest BCUT2D eigenvalue weighted by Crippen LogP contribution is 2.14. The fourth-order valence-corrected chi connectivity index (χ4v) is 2.41. The van der Waals surface area contributed by atoms with Crippen molar-refractivity contribution in [3.63, 3.8) is 0 Å². The summed E-state index contributed by atoms with van der Waals surface area (Å²) in [6.45, 7) is 3.95. The molecule has 1 aromatic carbocycles. The summed E-state index contributed by atoms with van der Waals surface area (Å²) in [5.41, 5.74) is 2.94. The van der Waals surface area contributed by atoms with E-state index in [9.17, 15) is 14.4 Å². The Morgan fingerprint density at radius 2 is 2.05 bits per heavy atom. The molecule has 0 aliphatic heterocycles. The van der Waals surface area contributed by atoms with E-state index in [0.29, 0.717) is 12.1 Å². The quantitative estimate of drug-likeness (QED) is 0.627. The topological polar surface area (TPSA) is 95.5 Å². The minimum atomic E-state index is -1.12. The van der Waals surface area contributed by atoms with Crippen LogP contribution in [0.1, 0.15) is 11.1 Å². The van der Waals surface area contributed by atoms with Crippen molar-refractivity contribution in [1.82, 2.24) is 5.32 Å². The zero-order valence-electron chi connectivity index (χ0n) is 11.9. The van der Waals surface area contributed by atoms with Crippen LogP contribution in [-0.2, 0) is 14.4 Å². The Hall–Kier alpha value is -2.02. The average molecular weight is 310 g/mol. The van der Waals surface area contributed by atoms with Gasteiger partial charge in [0.25, 0.3) is 0 Å². The van der Waals surface area contributed by atoms with Crippen LogP contribution >= 0.6 is 11.8 Å². The Balaban J connectivity index is 2.41. The van der Waals surface area contributed by atoms with E-state index in [-0.39, 0.29) is 17.4 Å². The fourth-order valence-electron chi connectivity index (χ4n) is 1.56. The number of anilines is 1. The van der Waals surface area contributed by atoms with E-state index in [1.165, 1.54) is 0 Å². The second kappa shape index (κ2) is 8.31. The highest BCUT2D eigenvalue weighted by Gasteiger charge is 2.16. The van der Waals surface area contributed by atoms with Crippen LogP contribution < -0.4 is 10.6 Å². The molecular formula is C14H18N2O4S. The molecule has 1 atom stereocenters. The van der Waals surface area contributed by atoms with Gasteiger partial charge in [0, 0.05) is 11.4 Å². The highest BCUT2D eigenvalue weighted by atomic mass is 32.2. The Labute approximate surface area is 127 Å². The molecule has 0 saturated heterocycles. The lowest BCUT2D eigenvalue weighted by atomic mass is 10.1. The third-order valence-electron chi connectivity index (χ3n) is 2.88. The number of benzene rings is 1. The normalized spacial score (nSPS) is 11.5. The number of thioether (sulfide) groups is 1. The van der Waals surface area contributed by atoms with Gasteiger partial charge in [0.15, 0.2) is 0 Å². The third-order valence-corrected chi connectivity index (χ3v) is 3.91. The van der Waals surface area contributed by atoms with Crippen molar-refractivity contribution in [2.24, 2.45) is 0 Å². The standard InChI is InChI=1S/C14H18N2O4S/c1-9-3-4-11(5-10(9)2)16-13(18)7-21-6-12(14(19)20)15-8-17/h3-5,8,12H,6-7H2,1-2H3,(H,15,17)(H,16,18)(H,19,20). The number of amides is 2. The summed E-state index contributed by atoms with van der Waals surface area (Å²) in [6.07, 6.45) is 0.342. The molecule has 0 saturated carbocycles. The molecule has 0 fully saturated rings. The number of carbonyl (C=O) groups excluding carboxylic acids is 2. The van der Waals surface area contributed by atoms with Gasteiger partial charge in [0.2, 0.25) is 12.3 Å². The largest absolute Gasteiger partial charge is 0.480 e. The first-order valence-corrected chi connectivity index (χ1v) is 7.47. The number of aryl methyl sites for hydroxylation is 2. The number of carbonyl (C=O) groups is 3. The number of aliphatic carboxylic acids is 1. The van der Waals surface area contributed by atoms with Crippen molar-refractivity contribution in [3.05, 3.63) is 29.3 Å². The molecule has 1 rings (SSSR count). The van der Waals surface area contributed by atoms with Gasteiger partial charge >= 0.3 is 5.97 Å². The maximum Gasteiger partial charge on any atom is 0.327 e. The first-order chi connectivity index (χ1) is 9.93. The Morgan fingerprint density at radius 1 is 1.33 bits per heavy atom. The predicted octanol–water partition coefficient (Wildman–Crippen LogP) is 1.17. The highest BCUT2D eigenvalue weighted by molar-refractivity contribution is 8.00. The maximum absolute atomic E-state index is 11.7. The van der Waals surface area contributed by atoms with Crippen LogP contribution in [0, 0.1) is 13.8 Å². The molecule has 21 heavy (non-hydrogen) atoms. The number of carboxylic acids is 1. The Morgan fingerprint density at radius 3 is 2.62 bits per heavy atom. The number of hydrogen-bond donors (Lipinski definition) is 3. The van der Waals surface area contributed by atoms with Crippen LogP contribution in [0.25, 0.3) is 0 Å². The molecule has 1 aromatic rings. The number of carboxylic acid groups (broad SMARTS) is 1. The fraction of sp³-hybridized carbons (Fsp3) is 0.357. The lowest BCUT2D eigenvalue weighted by molar-refractivity contribution is -0.139. The smallest absolute Gasteiger partial charge is 0.327 e. The van der Waals surface area contributed by atoms with Crippen molar-refractivity contribution in [2.75, 3.05) is 16.8 Å². The summed E-state index contributed by atoms with van der Waals surface area (Å²) in [4.78, 5) is 32.8. The summed E-state index contributed by atoms with van der Waals surface area (Å²) in [5.74, 6) is -1.08. The van der Waals surface area contributed by atoms with Crippen molar-refractivity contribution < 1.29 is 19.5 Å². The van der Waals surface area contributed by atoms with Gasteiger partial charge in [-0.05, 0) is 37.1 Å². The van der Waals surface area contributed by atoms with Gasteiger partial charge in [0.1, 0.15) is 6.04 Å². The van der Waals surface area contributed by atoms with Crippen molar-refractivity contribution in [1.29, 1.82) is 0 Å². The molecule has 114 valence electrons. The molecule has 1 unspecified atom stereocenters. The van der Waals surface area contributed by atoms with Crippen molar-refractivity contribution in [2.45, 2.75) is 19.9 Å². The lowest BCUT2D eigenvalue weighted by Crippen LogP contribution is -2.38. The molecule has 0 bridgehead atoms. The molecule has 0 radical (unpaired) electrons. The molecule has 2 amide bonds. The van der Waals surface area contributed by atoms with E-state index in [4.69, 9.17) is 5.11 Å². The van der Waals surface area contributed by atoms with Crippen LogP contribution in [0.4, 0.5) is 5.69 Å². The first-order valence-electron chi connectivity index (χ1n) is 6.31. The van der Waals surface area contributed by atoms with Crippen molar-refractivity contribution in [3.8, 4) is 0 Å². The summed E-state index contributed by atoms with van der Waals surface area (Å²) in [5, 5.41) is 13.8. The van der Waals surface area contributed by atoms with Crippen LogP contribution in [0.5, 0.6) is 0 Å². The zero-order valence-corrected chi connectivity index (χ0v) is 12.7. The summed E-state index contributed by atoms with van der Waals surface area (Å²) >= 11 is 1.15. The molecule has 0 spiro atoms. The van der Waals surface area contributed by atoms with Gasteiger partial charge in [-0.3, -0.25) is 9.59 Å².